The van der Waals surface area contributed by atoms with Crippen molar-refractivity contribution >= 4 is 16.9 Å². The molecule has 1 aliphatic rings. The first kappa shape index (κ1) is 22.1. The first-order valence-electron chi connectivity index (χ1n) is 11.2. The number of nitrogens with zero attached hydrogens (tertiary/aromatic N) is 1. The predicted molar refractivity (Wildman–Crippen MR) is 123 cm³/mol. The molecule has 3 aromatic rings. The summed E-state index contributed by atoms with van der Waals surface area (Å²) < 4.78 is 10.8. The van der Waals surface area contributed by atoms with Gasteiger partial charge in [0.15, 0.2) is 0 Å². The molecule has 6 nitrogen and oxygen atoms in total. The van der Waals surface area contributed by atoms with Crippen molar-refractivity contribution in [2.45, 2.75) is 52.1 Å². The number of fused-ring (bicyclic) bond motifs is 3. The van der Waals surface area contributed by atoms with Crippen LogP contribution in [-0.2, 0) is 29.0 Å². The number of phenols is 1. The largest absolute Gasteiger partial charge is 0.507 e. The van der Waals surface area contributed by atoms with Gasteiger partial charge in [-0.05, 0) is 47.6 Å². The highest BCUT2D eigenvalue weighted by molar-refractivity contribution is 5.88. The smallest absolute Gasteiger partial charge is 0.339 e. The Bertz CT molecular complexity index is 1170. The van der Waals surface area contributed by atoms with Gasteiger partial charge in [-0.15, -0.1) is 0 Å². The summed E-state index contributed by atoms with van der Waals surface area (Å²) >= 11 is 0. The lowest BCUT2D eigenvalue weighted by Gasteiger charge is -2.29. The van der Waals surface area contributed by atoms with Crippen molar-refractivity contribution < 1.29 is 19.1 Å². The van der Waals surface area contributed by atoms with Crippen molar-refractivity contribution in [3.05, 3.63) is 75.1 Å². The molecule has 1 unspecified atom stereocenters. The topological polar surface area (TPSA) is 80.0 Å². The Morgan fingerprint density at radius 2 is 2.00 bits per heavy atom. The normalized spacial score (nSPS) is 14.8. The lowest BCUT2D eigenvalue weighted by Crippen LogP contribution is -2.33. The van der Waals surface area contributed by atoms with E-state index in [9.17, 15) is 14.7 Å². The molecule has 1 aromatic heterocycles. The van der Waals surface area contributed by atoms with E-state index in [0.717, 1.165) is 30.6 Å². The summed E-state index contributed by atoms with van der Waals surface area (Å²) in [6.07, 6.45) is 1.56. The van der Waals surface area contributed by atoms with Crippen LogP contribution in [0.1, 0.15) is 54.9 Å². The van der Waals surface area contributed by atoms with E-state index in [4.69, 9.17) is 9.15 Å². The molecule has 0 radical (unpaired) electrons. The lowest BCUT2D eigenvalue weighted by molar-refractivity contribution is -0.144. The van der Waals surface area contributed by atoms with Crippen molar-refractivity contribution in [1.82, 2.24) is 4.90 Å². The van der Waals surface area contributed by atoms with Crippen molar-refractivity contribution in [3.8, 4) is 5.75 Å². The number of hydrogen-bond donors (Lipinski definition) is 1. The van der Waals surface area contributed by atoms with E-state index in [-0.39, 0.29) is 29.7 Å². The summed E-state index contributed by atoms with van der Waals surface area (Å²) in [4.78, 5) is 27.0. The summed E-state index contributed by atoms with van der Waals surface area (Å²) in [5.74, 6) is -0.374. The first-order valence-corrected chi connectivity index (χ1v) is 11.2. The van der Waals surface area contributed by atoms with Crippen LogP contribution in [0, 0.1) is 0 Å². The van der Waals surface area contributed by atoms with Crippen LogP contribution in [0.2, 0.25) is 0 Å². The van der Waals surface area contributed by atoms with Crippen molar-refractivity contribution in [3.63, 3.8) is 0 Å². The molecule has 6 heteroatoms. The van der Waals surface area contributed by atoms with Gasteiger partial charge in [0.25, 0.3) is 0 Å². The van der Waals surface area contributed by atoms with Gasteiger partial charge in [0.05, 0.1) is 18.4 Å². The Labute approximate surface area is 187 Å². The zero-order valence-corrected chi connectivity index (χ0v) is 18.6. The van der Waals surface area contributed by atoms with Gasteiger partial charge in [-0.1, -0.05) is 44.2 Å². The maximum atomic E-state index is 12.7. The van der Waals surface area contributed by atoms with Crippen LogP contribution in [-0.4, -0.2) is 29.1 Å². The first-order chi connectivity index (χ1) is 15.5. The number of aromatic hydroxyl groups is 1. The van der Waals surface area contributed by atoms with Crippen LogP contribution < -0.4 is 5.63 Å². The van der Waals surface area contributed by atoms with Gasteiger partial charge in [-0.3, -0.25) is 9.69 Å². The average molecular weight is 436 g/mol. The predicted octanol–water partition coefficient (Wildman–Crippen LogP) is 4.50. The number of carbonyl (C=O) groups excluding carboxylic acids is 1. The highest BCUT2D eigenvalue weighted by Crippen LogP contribution is 2.36. The number of ether oxygens (including phenoxy) is 1. The highest BCUT2D eigenvalue weighted by atomic mass is 16.5. The minimum absolute atomic E-state index is 0.0767. The van der Waals surface area contributed by atoms with Crippen LogP contribution in [0.5, 0.6) is 5.75 Å². The molecule has 0 fully saturated rings. The van der Waals surface area contributed by atoms with Gasteiger partial charge in [0, 0.05) is 25.2 Å². The fourth-order valence-corrected chi connectivity index (χ4v) is 4.34. The second-order valence-corrected chi connectivity index (χ2v) is 8.53. The van der Waals surface area contributed by atoms with Crippen molar-refractivity contribution in [2.75, 3.05) is 13.2 Å². The van der Waals surface area contributed by atoms with Crippen LogP contribution in [0.25, 0.3) is 11.0 Å². The zero-order chi connectivity index (χ0) is 22.7. The van der Waals surface area contributed by atoms with Crippen molar-refractivity contribution in [1.29, 1.82) is 0 Å². The third-order valence-corrected chi connectivity index (χ3v) is 6.04. The summed E-state index contributed by atoms with van der Waals surface area (Å²) in [6, 6.07) is 13.6. The minimum atomic E-state index is -0.349. The fourth-order valence-electron chi connectivity index (χ4n) is 4.34. The van der Waals surface area contributed by atoms with Gasteiger partial charge in [0.2, 0.25) is 0 Å². The molecule has 1 atom stereocenters. The third kappa shape index (κ3) is 4.70. The SMILES string of the molecule is CCCOC(=O)CC(C)c1cc(O)c2c3c(c(=O)oc2c1)CCN(Cc1ccccc1)C3. The number of esters is 1. The standard InChI is InChI=1S/C26H29NO5/c1-3-11-31-24(29)12-17(2)19-13-22(28)25-21-16-27(15-18-7-5-4-6-8-18)10-9-20(21)26(30)32-23(25)14-19/h4-8,13-14,17,28H,3,9-12,15-16H2,1-2H3. The van der Waals surface area contributed by atoms with Crippen molar-refractivity contribution in [2.24, 2.45) is 0 Å². The molecule has 0 aliphatic carbocycles. The van der Waals surface area contributed by atoms with Crippen LogP contribution in [0.4, 0.5) is 0 Å². The minimum Gasteiger partial charge on any atom is -0.507 e. The van der Waals surface area contributed by atoms with Gasteiger partial charge in [-0.2, -0.15) is 0 Å². The van der Waals surface area contributed by atoms with E-state index >= 15 is 0 Å². The summed E-state index contributed by atoms with van der Waals surface area (Å²) in [5.41, 5.74) is 3.43. The molecule has 1 N–H and O–H groups in total. The number of hydrogen-bond acceptors (Lipinski definition) is 6. The average Bonchev–Trinajstić information content (AvgIpc) is 2.78. The van der Waals surface area contributed by atoms with E-state index in [1.165, 1.54) is 5.56 Å². The Morgan fingerprint density at radius 1 is 1.22 bits per heavy atom. The molecule has 0 bridgehead atoms. The highest BCUT2D eigenvalue weighted by Gasteiger charge is 2.25. The van der Waals surface area contributed by atoms with Gasteiger partial charge < -0.3 is 14.3 Å². The third-order valence-electron chi connectivity index (χ3n) is 6.04. The molecule has 2 aromatic carbocycles. The van der Waals surface area contributed by atoms with E-state index in [0.29, 0.717) is 36.1 Å². The second kappa shape index (κ2) is 9.57. The van der Waals surface area contributed by atoms with E-state index < -0.39 is 0 Å². The van der Waals surface area contributed by atoms with Gasteiger partial charge in [0.1, 0.15) is 11.3 Å². The van der Waals surface area contributed by atoms with E-state index in [1.807, 2.05) is 32.0 Å². The summed E-state index contributed by atoms with van der Waals surface area (Å²) in [7, 11) is 0. The molecule has 0 saturated carbocycles. The second-order valence-electron chi connectivity index (χ2n) is 8.53. The maximum absolute atomic E-state index is 12.7. The molecular weight excluding hydrogens is 406 g/mol. The Balaban J connectivity index is 1.64. The maximum Gasteiger partial charge on any atom is 0.339 e. The lowest BCUT2D eigenvalue weighted by atomic mass is 9.92. The number of phenolic OH excluding ortho intramolecular Hbond substituents is 1. The number of rotatable bonds is 7. The Hall–Kier alpha value is -3.12. The van der Waals surface area contributed by atoms with Crippen LogP contribution >= 0.6 is 0 Å². The molecular formula is C26H29NO5. The van der Waals surface area contributed by atoms with Crippen LogP contribution in [0.15, 0.2) is 51.7 Å². The quantitative estimate of drug-likeness (QED) is 0.435. The zero-order valence-electron chi connectivity index (χ0n) is 18.6. The monoisotopic (exact) mass is 435 g/mol. The van der Waals surface area contributed by atoms with E-state index in [2.05, 4.69) is 17.0 Å². The molecule has 32 heavy (non-hydrogen) atoms. The van der Waals surface area contributed by atoms with E-state index in [1.54, 1.807) is 12.1 Å². The molecule has 168 valence electrons. The number of benzene rings is 2. The fraction of sp³-hybridized carbons (Fsp3) is 0.385. The van der Waals surface area contributed by atoms with Crippen LogP contribution in [0.3, 0.4) is 0 Å². The molecule has 1 aliphatic heterocycles. The molecule has 2 heterocycles. The molecule has 0 amide bonds. The van der Waals surface area contributed by atoms with Gasteiger partial charge in [-0.25, -0.2) is 4.79 Å². The Morgan fingerprint density at radius 3 is 2.75 bits per heavy atom. The van der Waals surface area contributed by atoms with Gasteiger partial charge >= 0.3 is 11.6 Å². The molecule has 4 rings (SSSR count). The Kier molecular flexibility index (Phi) is 6.61. The summed E-state index contributed by atoms with van der Waals surface area (Å²) in [6.45, 7) is 6.34. The number of carbonyl (C=O) groups is 1. The molecule has 0 spiro atoms. The molecule has 0 saturated heterocycles. The summed E-state index contributed by atoms with van der Waals surface area (Å²) in [5, 5.41) is 11.5.